The molecule has 0 bridgehead atoms. The van der Waals surface area contributed by atoms with Crippen molar-refractivity contribution in [3.63, 3.8) is 0 Å². The van der Waals surface area contributed by atoms with Crippen LogP contribution in [0.3, 0.4) is 0 Å². The highest BCUT2D eigenvalue weighted by Crippen LogP contribution is 2.36. The van der Waals surface area contributed by atoms with Gasteiger partial charge in [-0.2, -0.15) is 0 Å². The predicted molar refractivity (Wildman–Crippen MR) is 150 cm³/mol. The van der Waals surface area contributed by atoms with Gasteiger partial charge in [0.05, 0.1) is 13.2 Å². The van der Waals surface area contributed by atoms with Gasteiger partial charge in [0.25, 0.3) is 0 Å². The Bertz CT molecular complexity index is 1400. The Balaban J connectivity index is 1.25. The van der Waals surface area contributed by atoms with E-state index in [0.717, 1.165) is 74.0 Å². The van der Waals surface area contributed by atoms with E-state index < -0.39 is 0 Å². The highest BCUT2D eigenvalue weighted by atomic mass is 16.5. The van der Waals surface area contributed by atoms with Crippen LogP contribution in [0.25, 0.3) is 22.0 Å². The fraction of sp³-hybridized carbons (Fsp3) is 0.344. The quantitative estimate of drug-likeness (QED) is 0.244. The number of hydrogen-bond donors (Lipinski definition) is 1. The summed E-state index contributed by atoms with van der Waals surface area (Å²) in [5.74, 6) is 0.899. The molecular weight excluding hydrogens is 458 g/mol. The molecule has 1 aliphatic carbocycles. The van der Waals surface area contributed by atoms with E-state index in [4.69, 9.17) is 10.5 Å². The second-order valence-corrected chi connectivity index (χ2v) is 10.6. The van der Waals surface area contributed by atoms with E-state index in [1.807, 2.05) is 36.4 Å². The van der Waals surface area contributed by atoms with Crippen molar-refractivity contribution in [2.24, 2.45) is 5.92 Å². The summed E-state index contributed by atoms with van der Waals surface area (Å²) in [6, 6.07) is 22.5. The molecule has 5 nitrogen and oxygen atoms in total. The van der Waals surface area contributed by atoms with Crippen LogP contribution in [0, 0.1) is 5.92 Å². The number of morpholine rings is 1. The zero-order chi connectivity index (χ0) is 25.2. The van der Waals surface area contributed by atoms with Crippen molar-refractivity contribution in [3.05, 3.63) is 89.6 Å². The zero-order valence-electron chi connectivity index (χ0n) is 21.4. The molecule has 3 aromatic carbocycles. The van der Waals surface area contributed by atoms with Crippen LogP contribution >= 0.6 is 0 Å². The normalized spacial score (nSPS) is 16.3. The molecule has 1 saturated heterocycles. The number of ketones is 1. The second kappa shape index (κ2) is 10.5. The SMILES string of the molecule is Nc1ccc(-c2ccccc2)cc1CC(=O)c1ccc2c(c1)c(CC1CC1)cn2CCN1CCOCC1. The number of carbonyl (C=O) groups is 1. The van der Waals surface area contributed by atoms with Crippen LogP contribution in [-0.4, -0.2) is 48.1 Å². The van der Waals surface area contributed by atoms with E-state index in [2.05, 4.69) is 46.0 Å². The molecule has 6 rings (SSSR count). The largest absolute Gasteiger partial charge is 0.398 e. The third-order valence-corrected chi connectivity index (χ3v) is 7.85. The molecule has 2 heterocycles. The molecule has 2 N–H and O–H groups in total. The molecule has 5 heteroatoms. The first kappa shape index (κ1) is 24.0. The van der Waals surface area contributed by atoms with Gasteiger partial charge in [0, 0.05) is 61.0 Å². The summed E-state index contributed by atoms with van der Waals surface area (Å²) in [4.78, 5) is 15.9. The number of aromatic nitrogens is 1. The van der Waals surface area contributed by atoms with Gasteiger partial charge < -0.3 is 15.0 Å². The van der Waals surface area contributed by atoms with Crippen LogP contribution in [0.1, 0.15) is 34.3 Å². The first-order valence-corrected chi connectivity index (χ1v) is 13.5. The van der Waals surface area contributed by atoms with E-state index in [1.165, 1.54) is 29.3 Å². The van der Waals surface area contributed by atoms with Crippen molar-refractivity contribution < 1.29 is 9.53 Å². The molecule has 4 aromatic rings. The summed E-state index contributed by atoms with van der Waals surface area (Å²) < 4.78 is 7.89. The van der Waals surface area contributed by atoms with Gasteiger partial charge in [-0.05, 0) is 77.8 Å². The lowest BCUT2D eigenvalue weighted by molar-refractivity contribution is 0.0365. The maximum atomic E-state index is 13.5. The fourth-order valence-corrected chi connectivity index (χ4v) is 5.44. The summed E-state index contributed by atoms with van der Waals surface area (Å²) >= 11 is 0. The summed E-state index contributed by atoms with van der Waals surface area (Å²) in [6.45, 7) is 5.63. The number of benzene rings is 3. The van der Waals surface area contributed by atoms with Crippen molar-refractivity contribution in [2.75, 3.05) is 38.6 Å². The average molecular weight is 494 g/mol. The van der Waals surface area contributed by atoms with Gasteiger partial charge in [-0.3, -0.25) is 9.69 Å². The Kier molecular flexibility index (Phi) is 6.81. The van der Waals surface area contributed by atoms with Crippen LogP contribution in [0.4, 0.5) is 5.69 Å². The zero-order valence-corrected chi connectivity index (χ0v) is 21.4. The number of fused-ring (bicyclic) bond motifs is 1. The van der Waals surface area contributed by atoms with Crippen LogP contribution in [0.2, 0.25) is 0 Å². The van der Waals surface area contributed by atoms with Gasteiger partial charge in [-0.1, -0.05) is 36.4 Å². The predicted octanol–water partition coefficient (Wildman–Crippen LogP) is 5.60. The first-order valence-electron chi connectivity index (χ1n) is 13.5. The summed E-state index contributed by atoms with van der Waals surface area (Å²) in [6.07, 6.45) is 6.36. The topological polar surface area (TPSA) is 60.5 Å². The van der Waals surface area contributed by atoms with E-state index >= 15 is 0 Å². The molecule has 1 saturated carbocycles. The minimum atomic E-state index is 0.109. The monoisotopic (exact) mass is 493 g/mol. The third-order valence-electron chi connectivity index (χ3n) is 7.85. The number of hydrogen-bond acceptors (Lipinski definition) is 4. The Morgan fingerprint density at radius 2 is 1.70 bits per heavy atom. The fourth-order valence-electron chi connectivity index (χ4n) is 5.44. The summed E-state index contributed by atoms with van der Waals surface area (Å²) in [7, 11) is 0. The minimum absolute atomic E-state index is 0.109. The third kappa shape index (κ3) is 5.48. The molecule has 0 amide bonds. The highest BCUT2D eigenvalue weighted by Gasteiger charge is 2.24. The number of rotatable bonds is 9. The lowest BCUT2D eigenvalue weighted by Crippen LogP contribution is -2.38. The van der Waals surface area contributed by atoms with Gasteiger partial charge in [0.1, 0.15) is 0 Å². The Hall–Kier alpha value is -3.41. The summed E-state index contributed by atoms with van der Waals surface area (Å²) in [5, 5.41) is 1.23. The van der Waals surface area contributed by atoms with Crippen LogP contribution in [-0.2, 0) is 24.1 Å². The lowest BCUT2D eigenvalue weighted by atomic mass is 9.96. The van der Waals surface area contributed by atoms with Gasteiger partial charge in [0.2, 0.25) is 0 Å². The molecule has 0 unspecified atom stereocenters. The Morgan fingerprint density at radius 1 is 0.892 bits per heavy atom. The van der Waals surface area contributed by atoms with Crippen molar-refractivity contribution in [2.45, 2.75) is 32.2 Å². The van der Waals surface area contributed by atoms with Crippen LogP contribution in [0.15, 0.2) is 72.9 Å². The molecule has 0 spiro atoms. The molecular formula is C32H35N3O2. The molecule has 190 valence electrons. The van der Waals surface area contributed by atoms with Gasteiger partial charge in [-0.25, -0.2) is 0 Å². The van der Waals surface area contributed by atoms with E-state index in [-0.39, 0.29) is 5.78 Å². The number of anilines is 1. The smallest absolute Gasteiger partial charge is 0.167 e. The maximum absolute atomic E-state index is 13.5. The molecule has 1 aromatic heterocycles. The lowest BCUT2D eigenvalue weighted by Gasteiger charge is -2.26. The molecule has 0 radical (unpaired) electrons. The van der Waals surface area contributed by atoms with E-state index in [9.17, 15) is 4.79 Å². The summed E-state index contributed by atoms with van der Waals surface area (Å²) in [5.41, 5.74) is 13.4. The second-order valence-electron chi connectivity index (χ2n) is 10.6. The molecule has 37 heavy (non-hydrogen) atoms. The number of nitrogens with two attached hydrogens (primary N) is 1. The number of nitrogen functional groups attached to an aromatic ring is 1. The van der Waals surface area contributed by atoms with E-state index in [1.54, 1.807) is 0 Å². The van der Waals surface area contributed by atoms with Crippen molar-refractivity contribution >= 4 is 22.4 Å². The number of Topliss-reactive ketones (excluding diaryl/α,β-unsaturated/α-hetero) is 1. The first-order chi connectivity index (χ1) is 18.1. The van der Waals surface area contributed by atoms with Crippen molar-refractivity contribution in [1.82, 2.24) is 9.47 Å². The standard InChI is InChI=1S/C32H35N3O2/c33-30-10-8-25(24-4-2-1-3-5-24)19-27(30)21-32(36)26-9-11-31-29(20-26)28(18-23-6-7-23)22-35(31)13-12-34-14-16-37-17-15-34/h1-5,8-11,19-20,22-23H,6-7,12-18,21,33H2. The Morgan fingerprint density at radius 3 is 2.49 bits per heavy atom. The Labute approximate surface area is 218 Å². The average Bonchev–Trinajstić information content (AvgIpc) is 3.70. The molecule has 2 aliphatic rings. The van der Waals surface area contributed by atoms with Gasteiger partial charge in [0.15, 0.2) is 5.78 Å². The van der Waals surface area contributed by atoms with Crippen molar-refractivity contribution in [1.29, 1.82) is 0 Å². The van der Waals surface area contributed by atoms with E-state index in [0.29, 0.717) is 12.1 Å². The van der Waals surface area contributed by atoms with Crippen LogP contribution < -0.4 is 5.73 Å². The highest BCUT2D eigenvalue weighted by molar-refractivity contribution is 6.02. The minimum Gasteiger partial charge on any atom is -0.398 e. The molecule has 0 atom stereocenters. The number of ether oxygens (including phenoxy) is 1. The number of carbonyl (C=O) groups excluding carboxylic acids is 1. The number of nitrogens with zero attached hydrogens (tertiary/aromatic N) is 2. The van der Waals surface area contributed by atoms with Gasteiger partial charge in [-0.15, -0.1) is 0 Å². The maximum Gasteiger partial charge on any atom is 0.167 e. The van der Waals surface area contributed by atoms with Gasteiger partial charge >= 0.3 is 0 Å². The molecule has 1 aliphatic heterocycles. The van der Waals surface area contributed by atoms with Crippen LogP contribution in [0.5, 0.6) is 0 Å². The molecule has 2 fully saturated rings. The van der Waals surface area contributed by atoms with Crippen molar-refractivity contribution in [3.8, 4) is 11.1 Å².